The molecule has 1 saturated heterocycles. The second-order valence-corrected chi connectivity index (χ2v) is 6.47. The van der Waals surface area contributed by atoms with E-state index in [0.29, 0.717) is 12.0 Å². The quantitative estimate of drug-likeness (QED) is 0.906. The molecule has 0 spiro atoms. The Bertz CT molecular complexity index is 399. The Morgan fingerprint density at radius 1 is 0.900 bits per heavy atom. The minimum Gasteiger partial charge on any atom is -0.393 e. The van der Waals surface area contributed by atoms with Crippen molar-refractivity contribution in [3.05, 3.63) is 35.9 Å². The Morgan fingerprint density at radius 3 is 2.30 bits per heavy atom. The van der Waals surface area contributed by atoms with Gasteiger partial charge in [0.1, 0.15) is 0 Å². The van der Waals surface area contributed by atoms with Crippen LogP contribution in [0.4, 0.5) is 0 Å². The lowest BCUT2D eigenvalue weighted by atomic mass is 9.78. The lowest BCUT2D eigenvalue weighted by molar-refractivity contribution is 0.00167. The number of nitrogens with zero attached hydrogens (tertiary/aromatic N) is 1. The second-order valence-electron chi connectivity index (χ2n) is 6.47. The maximum absolute atomic E-state index is 10.5. The summed E-state index contributed by atoms with van der Waals surface area (Å²) < 4.78 is 0. The minimum atomic E-state index is -0.115. The summed E-state index contributed by atoms with van der Waals surface area (Å²) in [5.74, 6) is 0.421. The van der Waals surface area contributed by atoms with Crippen molar-refractivity contribution in [1.29, 1.82) is 0 Å². The average Bonchev–Trinajstić information content (AvgIpc) is 2.52. The number of likely N-dealkylation sites (tertiary alicyclic amines) is 1. The Labute approximate surface area is 122 Å². The summed E-state index contributed by atoms with van der Waals surface area (Å²) in [6, 6.07) is 11.3. The van der Waals surface area contributed by atoms with Crippen LogP contribution >= 0.6 is 0 Å². The number of hydrogen-bond acceptors (Lipinski definition) is 2. The van der Waals surface area contributed by atoms with Crippen LogP contribution in [0, 0.1) is 5.92 Å². The van der Waals surface area contributed by atoms with Gasteiger partial charge in [0.15, 0.2) is 0 Å². The third kappa shape index (κ3) is 3.07. The molecule has 2 fully saturated rings. The summed E-state index contributed by atoms with van der Waals surface area (Å²) in [4.78, 5) is 2.64. The SMILES string of the molecule is OC1CCCCC1C(c1ccccc1)N1CCCCC1. The lowest BCUT2D eigenvalue weighted by Gasteiger charge is -2.43. The van der Waals surface area contributed by atoms with E-state index in [-0.39, 0.29) is 6.10 Å². The monoisotopic (exact) mass is 273 g/mol. The summed E-state index contributed by atoms with van der Waals surface area (Å²) >= 11 is 0. The van der Waals surface area contributed by atoms with Crippen molar-refractivity contribution in [2.45, 2.75) is 57.1 Å². The average molecular weight is 273 g/mol. The molecular weight excluding hydrogens is 246 g/mol. The number of benzene rings is 1. The third-order valence-corrected chi connectivity index (χ3v) is 5.11. The van der Waals surface area contributed by atoms with E-state index in [1.807, 2.05) is 0 Å². The van der Waals surface area contributed by atoms with Gasteiger partial charge >= 0.3 is 0 Å². The summed E-state index contributed by atoms with van der Waals surface area (Å²) in [6.07, 6.45) is 8.51. The zero-order valence-corrected chi connectivity index (χ0v) is 12.4. The number of aliphatic hydroxyl groups is 1. The van der Waals surface area contributed by atoms with Gasteiger partial charge in [-0.2, -0.15) is 0 Å². The second kappa shape index (κ2) is 6.73. The van der Waals surface area contributed by atoms with E-state index in [1.165, 1.54) is 57.2 Å². The Hall–Kier alpha value is -0.860. The molecule has 2 nitrogen and oxygen atoms in total. The molecule has 1 aromatic carbocycles. The van der Waals surface area contributed by atoms with Crippen molar-refractivity contribution < 1.29 is 5.11 Å². The Morgan fingerprint density at radius 2 is 1.60 bits per heavy atom. The van der Waals surface area contributed by atoms with Gasteiger partial charge in [0.2, 0.25) is 0 Å². The summed E-state index contributed by atoms with van der Waals surface area (Å²) in [7, 11) is 0. The highest BCUT2D eigenvalue weighted by Gasteiger charge is 2.35. The van der Waals surface area contributed by atoms with E-state index in [9.17, 15) is 5.11 Å². The molecule has 110 valence electrons. The number of hydrogen-bond donors (Lipinski definition) is 1. The van der Waals surface area contributed by atoms with Crippen LogP contribution in [0.2, 0.25) is 0 Å². The van der Waals surface area contributed by atoms with E-state index >= 15 is 0 Å². The number of piperidine rings is 1. The van der Waals surface area contributed by atoms with E-state index in [0.717, 1.165) is 6.42 Å². The van der Waals surface area contributed by atoms with E-state index in [4.69, 9.17) is 0 Å². The van der Waals surface area contributed by atoms with Crippen molar-refractivity contribution in [1.82, 2.24) is 4.90 Å². The first-order valence-electron chi connectivity index (χ1n) is 8.33. The van der Waals surface area contributed by atoms with E-state index in [2.05, 4.69) is 35.2 Å². The van der Waals surface area contributed by atoms with Crippen LogP contribution in [0.1, 0.15) is 56.6 Å². The van der Waals surface area contributed by atoms with Crippen LogP contribution in [-0.2, 0) is 0 Å². The molecule has 3 unspecified atom stereocenters. The van der Waals surface area contributed by atoms with Crippen molar-refractivity contribution in [2.75, 3.05) is 13.1 Å². The van der Waals surface area contributed by atoms with Crippen LogP contribution in [0.5, 0.6) is 0 Å². The van der Waals surface area contributed by atoms with Crippen molar-refractivity contribution in [3.63, 3.8) is 0 Å². The summed E-state index contributed by atoms with van der Waals surface area (Å²) in [5.41, 5.74) is 1.40. The molecule has 0 aromatic heterocycles. The smallest absolute Gasteiger partial charge is 0.0586 e. The maximum Gasteiger partial charge on any atom is 0.0586 e. The predicted octanol–water partition coefficient (Wildman–Crippen LogP) is 3.76. The van der Waals surface area contributed by atoms with Gasteiger partial charge in [-0.1, -0.05) is 49.6 Å². The highest BCUT2D eigenvalue weighted by atomic mass is 16.3. The van der Waals surface area contributed by atoms with Gasteiger partial charge in [0, 0.05) is 12.0 Å². The van der Waals surface area contributed by atoms with Gasteiger partial charge in [-0.3, -0.25) is 4.90 Å². The van der Waals surface area contributed by atoms with E-state index in [1.54, 1.807) is 0 Å². The zero-order chi connectivity index (χ0) is 13.8. The summed E-state index contributed by atoms with van der Waals surface area (Å²) in [5, 5.41) is 10.5. The zero-order valence-electron chi connectivity index (χ0n) is 12.4. The largest absolute Gasteiger partial charge is 0.393 e. The molecule has 1 saturated carbocycles. The van der Waals surface area contributed by atoms with Crippen LogP contribution in [0.25, 0.3) is 0 Å². The normalized spacial score (nSPS) is 30.1. The molecular formula is C18H27NO. The molecule has 2 aliphatic rings. The summed E-state index contributed by atoms with van der Waals surface area (Å²) in [6.45, 7) is 2.39. The molecule has 0 bridgehead atoms. The van der Waals surface area contributed by atoms with Crippen molar-refractivity contribution >= 4 is 0 Å². The van der Waals surface area contributed by atoms with Gasteiger partial charge in [-0.15, -0.1) is 0 Å². The highest BCUT2D eigenvalue weighted by molar-refractivity contribution is 5.20. The molecule has 1 aromatic rings. The lowest BCUT2D eigenvalue weighted by Crippen LogP contribution is -2.42. The van der Waals surface area contributed by atoms with Gasteiger partial charge < -0.3 is 5.11 Å². The molecule has 0 radical (unpaired) electrons. The van der Waals surface area contributed by atoms with Crippen LogP contribution in [0.15, 0.2) is 30.3 Å². The molecule has 3 rings (SSSR count). The predicted molar refractivity (Wildman–Crippen MR) is 82.6 cm³/mol. The molecule has 1 aliphatic heterocycles. The van der Waals surface area contributed by atoms with Crippen molar-refractivity contribution in [3.8, 4) is 0 Å². The Kier molecular flexibility index (Phi) is 4.74. The van der Waals surface area contributed by atoms with Crippen LogP contribution in [0.3, 0.4) is 0 Å². The minimum absolute atomic E-state index is 0.115. The maximum atomic E-state index is 10.5. The first-order valence-corrected chi connectivity index (χ1v) is 8.33. The number of rotatable bonds is 3. The van der Waals surface area contributed by atoms with E-state index < -0.39 is 0 Å². The first kappa shape index (κ1) is 14.1. The van der Waals surface area contributed by atoms with Gasteiger partial charge in [-0.05, 0) is 44.3 Å². The molecule has 1 aliphatic carbocycles. The molecule has 0 amide bonds. The van der Waals surface area contributed by atoms with Crippen molar-refractivity contribution in [2.24, 2.45) is 5.92 Å². The molecule has 1 heterocycles. The highest BCUT2D eigenvalue weighted by Crippen LogP contribution is 2.39. The third-order valence-electron chi connectivity index (χ3n) is 5.11. The van der Waals surface area contributed by atoms with Crippen LogP contribution < -0.4 is 0 Å². The fraction of sp³-hybridized carbons (Fsp3) is 0.667. The molecule has 20 heavy (non-hydrogen) atoms. The standard InChI is InChI=1S/C18H27NO/c20-17-12-6-5-11-16(17)18(15-9-3-1-4-10-15)19-13-7-2-8-14-19/h1,3-4,9-10,16-18,20H,2,5-8,11-14H2. The first-order chi connectivity index (χ1) is 9.86. The molecule has 2 heteroatoms. The van der Waals surface area contributed by atoms with Gasteiger partial charge in [0.05, 0.1) is 6.10 Å². The van der Waals surface area contributed by atoms with Gasteiger partial charge in [-0.25, -0.2) is 0 Å². The topological polar surface area (TPSA) is 23.5 Å². The van der Waals surface area contributed by atoms with Crippen LogP contribution in [-0.4, -0.2) is 29.2 Å². The van der Waals surface area contributed by atoms with Gasteiger partial charge in [0.25, 0.3) is 0 Å². The fourth-order valence-electron chi connectivity index (χ4n) is 4.08. The fourth-order valence-corrected chi connectivity index (χ4v) is 4.08. The number of aliphatic hydroxyl groups excluding tert-OH is 1. The Balaban J connectivity index is 1.86. The molecule has 1 N–H and O–H groups in total. The molecule has 3 atom stereocenters.